The van der Waals surface area contributed by atoms with Crippen molar-refractivity contribution < 1.29 is 0 Å². The molecule has 0 aliphatic carbocycles. The highest BCUT2D eigenvalue weighted by atomic mass is 35.5. The third-order valence-electron chi connectivity index (χ3n) is 7.33. The molecule has 0 aromatic heterocycles. The molecule has 0 bridgehead atoms. The molecule has 0 spiro atoms. The van der Waals surface area contributed by atoms with Gasteiger partial charge in [0.05, 0.1) is 15.7 Å². The van der Waals surface area contributed by atoms with Crippen LogP contribution in [0.25, 0.3) is 0 Å². The number of hydrogen-bond acceptors (Lipinski definition) is 1. The van der Waals surface area contributed by atoms with E-state index in [9.17, 15) is 0 Å². The van der Waals surface area contributed by atoms with Crippen molar-refractivity contribution in [3.63, 3.8) is 0 Å². The topological polar surface area (TPSA) is 3.24 Å². The van der Waals surface area contributed by atoms with Gasteiger partial charge < -0.3 is 4.90 Å². The Morgan fingerprint density at radius 1 is 0.400 bits per heavy atom. The van der Waals surface area contributed by atoms with Crippen molar-refractivity contribution in [2.45, 2.75) is 0 Å². The van der Waals surface area contributed by atoms with Crippen LogP contribution >= 0.6 is 23.2 Å². The van der Waals surface area contributed by atoms with Gasteiger partial charge in [0.25, 0.3) is 0 Å². The van der Waals surface area contributed by atoms with Crippen molar-refractivity contribution in [2.75, 3.05) is 4.90 Å². The smallest absolute Gasteiger partial charge is 0.179 e. The number of hydrogen-bond donors (Lipinski definition) is 0. The maximum Gasteiger partial charge on any atom is 0.179 e. The first kappa shape index (κ1) is 26.2. The normalized spacial score (nSPS) is 11.2. The minimum Gasteiger partial charge on any atom is -0.309 e. The molecule has 0 saturated carbocycles. The van der Waals surface area contributed by atoms with E-state index in [4.69, 9.17) is 23.2 Å². The molecule has 0 amide bonds. The van der Waals surface area contributed by atoms with Crippen LogP contribution in [0.1, 0.15) is 0 Å². The first-order valence-electron chi connectivity index (χ1n) is 13.3. The standard InChI is InChI=1S/C36H27Cl2NSi/c37-34-26-33(27-35(36(34)38)39(28-16-6-1-7-17-28)29-18-8-2-9-19-29)40(30-20-10-3-11-21-30,31-22-12-4-13-23-31)32-24-14-5-15-25-32/h1-27H. The molecule has 6 rings (SSSR count). The van der Waals surface area contributed by atoms with E-state index in [1.165, 1.54) is 15.6 Å². The molecule has 0 unspecified atom stereocenters. The second kappa shape index (κ2) is 11.6. The van der Waals surface area contributed by atoms with Crippen LogP contribution in [-0.2, 0) is 0 Å². The van der Waals surface area contributed by atoms with E-state index in [1.807, 2.05) is 36.4 Å². The molecule has 6 aromatic rings. The van der Waals surface area contributed by atoms with Crippen LogP contribution in [-0.4, -0.2) is 8.07 Å². The molecule has 0 fully saturated rings. The summed E-state index contributed by atoms with van der Waals surface area (Å²) in [5, 5.41) is 6.06. The van der Waals surface area contributed by atoms with Crippen molar-refractivity contribution in [1.82, 2.24) is 0 Å². The van der Waals surface area contributed by atoms with Crippen LogP contribution in [0.3, 0.4) is 0 Å². The van der Waals surface area contributed by atoms with Crippen LogP contribution in [0, 0.1) is 0 Å². The van der Waals surface area contributed by atoms with E-state index >= 15 is 0 Å². The minimum absolute atomic E-state index is 0.523. The zero-order valence-corrected chi connectivity index (χ0v) is 24.3. The van der Waals surface area contributed by atoms with Gasteiger partial charge in [0.15, 0.2) is 8.07 Å². The molecular formula is C36H27Cl2NSi. The van der Waals surface area contributed by atoms with Crippen LogP contribution in [0.15, 0.2) is 164 Å². The molecular weight excluding hydrogens is 545 g/mol. The third kappa shape index (κ3) is 4.75. The Hall–Kier alpha value is -4.08. The summed E-state index contributed by atoms with van der Waals surface area (Å²) in [4.78, 5) is 2.19. The zero-order chi connectivity index (χ0) is 27.4. The highest BCUT2D eigenvalue weighted by Crippen LogP contribution is 2.41. The van der Waals surface area contributed by atoms with E-state index in [2.05, 4.69) is 132 Å². The van der Waals surface area contributed by atoms with Gasteiger partial charge in [-0.15, -0.1) is 0 Å². The van der Waals surface area contributed by atoms with E-state index in [1.54, 1.807) is 0 Å². The lowest BCUT2D eigenvalue weighted by molar-refractivity contribution is 1.29. The SMILES string of the molecule is Clc1cc([Si](c2ccccc2)(c2ccccc2)c2ccccc2)cc(N(c2ccccc2)c2ccccc2)c1Cl. The first-order valence-corrected chi connectivity index (χ1v) is 16.0. The Bertz CT molecular complexity index is 1560. The number of rotatable bonds is 7. The van der Waals surface area contributed by atoms with Crippen molar-refractivity contribution in [3.05, 3.63) is 174 Å². The minimum atomic E-state index is -2.80. The summed E-state index contributed by atoms with van der Waals surface area (Å²) in [6.07, 6.45) is 0. The Kier molecular flexibility index (Phi) is 7.57. The molecule has 0 aliphatic rings. The van der Waals surface area contributed by atoms with Gasteiger partial charge in [0, 0.05) is 11.4 Å². The fraction of sp³-hybridized carbons (Fsp3) is 0. The molecule has 0 N–H and O–H groups in total. The lowest BCUT2D eigenvalue weighted by Crippen LogP contribution is -2.74. The van der Waals surface area contributed by atoms with Crippen LogP contribution in [0.2, 0.25) is 10.0 Å². The van der Waals surface area contributed by atoms with Gasteiger partial charge >= 0.3 is 0 Å². The summed E-state index contributed by atoms with van der Waals surface area (Å²) >= 11 is 14.2. The number of benzene rings is 6. The van der Waals surface area contributed by atoms with E-state index in [0.29, 0.717) is 10.0 Å². The van der Waals surface area contributed by atoms with Crippen molar-refractivity contribution in [1.29, 1.82) is 0 Å². The van der Waals surface area contributed by atoms with Crippen LogP contribution in [0.5, 0.6) is 0 Å². The van der Waals surface area contributed by atoms with Gasteiger partial charge in [-0.2, -0.15) is 0 Å². The number of halogens is 2. The van der Waals surface area contributed by atoms with E-state index < -0.39 is 8.07 Å². The lowest BCUT2D eigenvalue weighted by atomic mass is 10.2. The molecule has 0 saturated heterocycles. The van der Waals surface area contributed by atoms with E-state index in [-0.39, 0.29) is 0 Å². The Morgan fingerprint density at radius 2 is 0.750 bits per heavy atom. The van der Waals surface area contributed by atoms with Crippen molar-refractivity contribution in [3.8, 4) is 0 Å². The molecule has 0 atom stereocenters. The quantitative estimate of drug-likeness (QED) is 0.139. The summed E-state index contributed by atoms with van der Waals surface area (Å²) in [6.45, 7) is 0. The second-order valence-corrected chi connectivity index (χ2v) is 14.2. The van der Waals surface area contributed by atoms with Gasteiger partial charge in [-0.3, -0.25) is 0 Å². The highest BCUT2D eigenvalue weighted by Gasteiger charge is 2.42. The molecule has 0 radical (unpaired) electrons. The van der Waals surface area contributed by atoms with Crippen LogP contribution < -0.4 is 25.6 Å². The monoisotopic (exact) mass is 571 g/mol. The number of anilines is 3. The largest absolute Gasteiger partial charge is 0.309 e. The summed E-state index contributed by atoms with van der Waals surface area (Å²) in [5.74, 6) is 0. The Morgan fingerprint density at radius 3 is 1.12 bits per heavy atom. The Labute approximate surface area is 246 Å². The predicted octanol–water partition coefficient (Wildman–Crippen LogP) is 7.84. The maximum absolute atomic E-state index is 7.09. The highest BCUT2D eigenvalue weighted by molar-refractivity contribution is 7.20. The molecule has 40 heavy (non-hydrogen) atoms. The molecule has 0 aliphatic heterocycles. The van der Waals surface area contributed by atoms with E-state index in [0.717, 1.165) is 22.2 Å². The zero-order valence-electron chi connectivity index (χ0n) is 21.8. The summed E-state index contributed by atoms with van der Waals surface area (Å²) in [7, 11) is -2.80. The van der Waals surface area contributed by atoms with Gasteiger partial charge in [0.2, 0.25) is 0 Å². The third-order valence-corrected chi connectivity index (χ3v) is 12.9. The van der Waals surface area contributed by atoms with Gasteiger partial charge in [-0.05, 0) is 57.1 Å². The Balaban J connectivity index is 1.71. The van der Waals surface area contributed by atoms with Gasteiger partial charge in [0.1, 0.15) is 0 Å². The second-order valence-electron chi connectivity index (χ2n) is 9.65. The van der Waals surface area contributed by atoms with Crippen LogP contribution in [0.4, 0.5) is 17.1 Å². The average molecular weight is 573 g/mol. The molecule has 1 nitrogen and oxygen atoms in total. The summed E-state index contributed by atoms with van der Waals surface area (Å²) < 4.78 is 0. The fourth-order valence-electron chi connectivity index (χ4n) is 5.60. The fourth-order valence-corrected chi connectivity index (χ4v) is 10.9. The summed E-state index contributed by atoms with van der Waals surface area (Å²) in [5.41, 5.74) is 2.87. The molecule has 194 valence electrons. The molecule has 0 heterocycles. The van der Waals surface area contributed by atoms with Crippen molar-refractivity contribution in [2.24, 2.45) is 0 Å². The van der Waals surface area contributed by atoms with Gasteiger partial charge in [-0.25, -0.2) is 0 Å². The predicted molar refractivity (Wildman–Crippen MR) is 175 cm³/mol. The van der Waals surface area contributed by atoms with Gasteiger partial charge in [-0.1, -0.05) is 151 Å². The summed E-state index contributed by atoms with van der Waals surface area (Å²) in [6, 6.07) is 57.4. The average Bonchev–Trinajstić information content (AvgIpc) is 3.03. The first-order chi connectivity index (χ1) is 19.7. The molecule has 6 aromatic carbocycles. The number of para-hydroxylation sites is 2. The lowest BCUT2D eigenvalue weighted by Gasteiger charge is -2.36. The number of nitrogens with zero attached hydrogens (tertiary/aromatic N) is 1. The van der Waals surface area contributed by atoms with Crippen molar-refractivity contribution >= 4 is 69.1 Å². The molecule has 4 heteroatoms. The maximum atomic E-state index is 7.09.